The van der Waals surface area contributed by atoms with E-state index in [1.54, 1.807) is 12.1 Å². The molecule has 0 aliphatic rings. The van der Waals surface area contributed by atoms with Crippen LogP contribution in [-0.4, -0.2) is 36.8 Å². The van der Waals surface area contributed by atoms with E-state index in [2.05, 4.69) is 14.8 Å². The summed E-state index contributed by atoms with van der Waals surface area (Å²) in [4.78, 5) is 12.1. The van der Waals surface area contributed by atoms with Crippen LogP contribution in [0, 0.1) is 0 Å². The van der Waals surface area contributed by atoms with Gasteiger partial charge in [0.25, 0.3) is 5.91 Å². The summed E-state index contributed by atoms with van der Waals surface area (Å²) >= 11 is 0. The number of carbonyl (C=O) groups is 1. The van der Waals surface area contributed by atoms with Gasteiger partial charge >= 0.3 is 10.1 Å². The average Bonchev–Trinajstić information content (AvgIpc) is 2.51. The highest BCUT2D eigenvalue weighted by Gasteiger charge is 2.10. The van der Waals surface area contributed by atoms with Crippen LogP contribution in [0.3, 0.4) is 0 Å². The summed E-state index contributed by atoms with van der Waals surface area (Å²) in [5.41, 5.74) is 6.61. The molecule has 10 heteroatoms. The number of phenolic OH excluding ortho intramolecular Hbond substituents is 2. The molecule has 0 heterocycles. The number of phenols is 2. The van der Waals surface area contributed by atoms with Gasteiger partial charge in [0.15, 0.2) is 0 Å². The van der Waals surface area contributed by atoms with Crippen molar-refractivity contribution in [3.05, 3.63) is 48.0 Å². The van der Waals surface area contributed by atoms with Crippen LogP contribution in [0.4, 0.5) is 0 Å². The number of nitrogens with two attached hydrogens (primary N) is 1. The van der Waals surface area contributed by atoms with E-state index < -0.39 is 22.0 Å². The van der Waals surface area contributed by atoms with Crippen LogP contribution in [0.5, 0.6) is 11.5 Å². The van der Waals surface area contributed by atoms with Gasteiger partial charge in [0.1, 0.15) is 11.5 Å². The molecule has 2 aromatic carbocycles. The number of hydrogen-bond acceptors (Lipinski definition) is 7. The van der Waals surface area contributed by atoms with Crippen molar-refractivity contribution in [3.63, 3.8) is 0 Å². The van der Waals surface area contributed by atoms with Crippen molar-refractivity contribution in [3.8, 4) is 22.6 Å². The van der Waals surface area contributed by atoms with Gasteiger partial charge in [0.05, 0.1) is 6.26 Å². The summed E-state index contributed by atoms with van der Waals surface area (Å²) in [6.07, 6.45) is 0.778. The number of nitrogens with one attached hydrogen (secondary N) is 1. The zero-order valence-electron chi connectivity index (χ0n) is 13.0. The summed E-state index contributed by atoms with van der Waals surface area (Å²) in [5.74, 6) is -1.43. The second-order valence-corrected chi connectivity index (χ2v) is 6.59. The van der Waals surface area contributed by atoms with Gasteiger partial charge < -0.3 is 15.9 Å². The van der Waals surface area contributed by atoms with Gasteiger partial charge in [-0.25, -0.2) is 0 Å². The fraction of sp³-hybridized carbons (Fsp3) is 0.0667. The Labute approximate surface area is 143 Å². The van der Waals surface area contributed by atoms with Crippen molar-refractivity contribution < 1.29 is 27.7 Å². The standard InChI is InChI=1S/C15H15N3O6S/c1-25(22,23)24-18-15(16)17-14(21)10-4-2-3-9(5-10)11-6-12(19)8-13(20)7-11/h2-8,19-20H,1H3,(H3,16,17,18,21). The first-order valence-corrected chi connectivity index (χ1v) is 8.62. The van der Waals surface area contributed by atoms with Gasteiger partial charge in [-0.2, -0.15) is 8.42 Å². The van der Waals surface area contributed by atoms with Gasteiger partial charge in [0, 0.05) is 11.6 Å². The maximum atomic E-state index is 12.1. The van der Waals surface area contributed by atoms with E-state index in [1.807, 2.05) is 0 Å². The molecule has 2 aromatic rings. The molecule has 0 bridgehead atoms. The van der Waals surface area contributed by atoms with Crippen molar-refractivity contribution in [2.75, 3.05) is 6.26 Å². The van der Waals surface area contributed by atoms with E-state index in [0.717, 1.165) is 6.26 Å². The normalized spacial score (nSPS) is 11.8. The third kappa shape index (κ3) is 5.39. The summed E-state index contributed by atoms with van der Waals surface area (Å²) < 4.78 is 25.7. The first-order valence-electron chi connectivity index (χ1n) is 6.81. The number of carbonyl (C=O) groups excluding carboxylic acids is 1. The lowest BCUT2D eigenvalue weighted by Gasteiger charge is -2.07. The number of rotatable bonds is 4. The van der Waals surface area contributed by atoms with Gasteiger partial charge in [-0.3, -0.25) is 14.4 Å². The van der Waals surface area contributed by atoms with Crippen molar-refractivity contribution in [2.24, 2.45) is 10.9 Å². The second-order valence-electron chi connectivity index (χ2n) is 5.03. The molecular weight excluding hydrogens is 350 g/mol. The highest BCUT2D eigenvalue weighted by atomic mass is 32.2. The molecule has 132 valence electrons. The molecular formula is C15H15N3O6S. The molecule has 0 radical (unpaired) electrons. The summed E-state index contributed by atoms with van der Waals surface area (Å²) in [5, 5.41) is 24.3. The van der Waals surface area contributed by atoms with Crippen LogP contribution in [-0.2, 0) is 14.4 Å². The molecule has 0 aliphatic carbocycles. The van der Waals surface area contributed by atoms with Gasteiger partial charge in [-0.1, -0.05) is 12.1 Å². The zero-order chi connectivity index (χ0) is 18.6. The molecule has 0 saturated heterocycles. The van der Waals surface area contributed by atoms with E-state index in [0.29, 0.717) is 11.1 Å². The van der Waals surface area contributed by atoms with Crippen LogP contribution in [0.2, 0.25) is 0 Å². The Balaban J connectivity index is 2.22. The quantitative estimate of drug-likeness (QED) is 0.353. The minimum Gasteiger partial charge on any atom is -0.508 e. The smallest absolute Gasteiger partial charge is 0.325 e. The third-order valence-corrected chi connectivity index (χ3v) is 3.22. The molecule has 0 unspecified atom stereocenters. The Hall–Kier alpha value is -3.27. The summed E-state index contributed by atoms with van der Waals surface area (Å²) in [6, 6.07) is 10.3. The summed E-state index contributed by atoms with van der Waals surface area (Å²) in [7, 11) is -3.84. The third-order valence-electron chi connectivity index (χ3n) is 2.87. The van der Waals surface area contributed by atoms with E-state index >= 15 is 0 Å². The maximum absolute atomic E-state index is 12.1. The Kier molecular flexibility index (Phi) is 5.13. The van der Waals surface area contributed by atoms with Gasteiger partial charge in [-0.05, 0) is 40.5 Å². The average molecular weight is 365 g/mol. The van der Waals surface area contributed by atoms with E-state index in [9.17, 15) is 23.4 Å². The maximum Gasteiger partial charge on any atom is 0.325 e. The minimum atomic E-state index is -3.84. The number of benzene rings is 2. The number of amides is 1. The van der Waals surface area contributed by atoms with Gasteiger partial charge in [0.2, 0.25) is 5.96 Å². The second kappa shape index (κ2) is 7.09. The molecule has 25 heavy (non-hydrogen) atoms. The molecule has 0 saturated carbocycles. The van der Waals surface area contributed by atoms with Crippen molar-refractivity contribution >= 4 is 22.0 Å². The molecule has 1 amide bonds. The highest BCUT2D eigenvalue weighted by molar-refractivity contribution is 7.85. The molecule has 5 N–H and O–H groups in total. The Morgan fingerprint density at radius 2 is 1.76 bits per heavy atom. The molecule has 0 atom stereocenters. The Morgan fingerprint density at radius 3 is 2.36 bits per heavy atom. The Morgan fingerprint density at radius 1 is 1.12 bits per heavy atom. The number of aromatic hydroxyl groups is 2. The molecule has 0 aromatic heterocycles. The highest BCUT2D eigenvalue weighted by Crippen LogP contribution is 2.28. The van der Waals surface area contributed by atoms with Crippen molar-refractivity contribution in [1.82, 2.24) is 5.32 Å². The molecule has 0 aliphatic heterocycles. The fourth-order valence-corrected chi connectivity index (χ4v) is 2.14. The number of nitrogens with zero attached hydrogens (tertiary/aromatic N) is 1. The molecule has 0 fully saturated rings. The van der Waals surface area contributed by atoms with Crippen LogP contribution < -0.4 is 11.1 Å². The van der Waals surface area contributed by atoms with Gasteiger partial charge in [-0.15, -0.1) is 0 Å². The molecule has 0 spiro atoms. The first-order chi connectivity index (χ1) is 11.6. The number of oxime groups is 1. The Bertz CT molecular complexity index is 920. The largest absolute Gasteiger partial charge is 0.508 e. The van der Waals surface area contributed by atoms with Crippen LogP contribution in [0.25, 0.3) is 11.1 Å². The minimum absolute atomic E-state index is 0.126. The predicted octanol–water partition coefficient (Wildman–Crippen LogP) is 0.701. The van der Waals surface area contributed by atoms with E-state index in [-0.39, 0.29) is 17.1 Å². The zero-order valence-corrected chi connectivity index (χ0v) is 13.8. The SMILES string of the molecule is CS(=O)(=O)ON=C(N)NC(=O)c1cccc(-c2cc(O)cc(O)c2)c1. The van der Waals surface area contributed by atoms with Crippen LogP contribution in [0.15, 0.2) is 47.6 Å². The topological polar surface area (TPSA) is 151 Å². The first kappa shape index (κ1) is 18.1. The van der Waals surface area contributed by atoms with E-state index in [1.165, 1.54) is 30.3 Å². The fourth-order valence-electron chi connectivity index (χ4n) is 1.92. The van der Waals surface area contributed by atoms with Crippen molar-refractivity contribution in [1.29, 1.82) is 0 Å². The summed E-state index contributed by atoms with van der Waals surface area (Å²) in [6.45, 7) is 0. The van der Waals surface area contributed by atoms with Crippen LogP contribution in [0.1, 0.15) is 10.4 Å². The molecule has 9 nitrogen and oxygen atoms in total. The number of hydrogen-bond donors (Lipinski definition) is 4. The predicted molar refractivity (Wildman–Crippen MR) is 90.2 cm³/mol. The molecule has 2 rings (SSSR count). The lowest BCUT2D eigenvalue weighted by molar-refractivity contribution is 0.0975. The lowest BCUT2D eigenvalue weighted by atomic mass is 10.0. The van der Waals surface area contributed by atoms with Crippen LogP contribution >= 0.6 is 0 Å². The lowest BCUT2D eigenvalue weighted by Crippen LogP contribution is -2.37. The monoisotopic (exact) mass is 365 g/mol. The van der Waals surface area contributed by atoms with E-state index in [4.69, 9.17) is 5.73 Å². The van der Waals surface area contributed by atoms with Crippen molar-refractivity contribution in [2.45, 2.75) is 0 Å². The number of guanidine groups is 1.